The number of aryl methyl sites for hydroxylation is 1. The maximum atomic E-state index is 8.86. The van der Waals surface area contributed by atoms with E-state index in [0.29, 0.717) is 13.1 Å². The number of anilines is 1. The van der Waals surface area contributed by atoms with Crippen LogP contribution < -0.4 is 10.6 Å². The summed E-state index contributed by atoms with van der Waals surface area (Å²) in [5, 5.41) is 25.1. The van der Waals surface area contributed by atoms with Crippen molar-refractivity contribution in [3.63, 3.8) is 0 Å². The Morgan fingerprint density at radius 2 is 2.07 bits per heavy atom. The fourth-order valence-electron chi connectivity index (χ4n) is 3.90. The molecule has 3 aromatic rings. The maximum Gasteiger partial charge on any atom is 0.148 e. The molecule has 0 atom stereocenters. The van der Waals surface area contributed by atoms with E-state index in [2.05, 4.69) is 38.8 Å². The molecule has 3 aromatic heterocycles. The smallest absolute Gasteiger partial charge is 0.148 e. The Kier molecular flexibility index (Phi) is 6.66. The van der Waals surface area contributed by atoms with E-state index < -0.39 is 0 Å². The van der Waals surface area contributed by atoms with Crippen LogP contribution in [0, 0.1) is 0 Å². The van der Waals surface area contributed by atoms with Crippen LogP contribution >= 0.6 is 11.3 Å². The van der Waals surface area contributed by atoms with E-state index in [1.54, 1.807) is 11.3 Å². The van der Waals surface area contributed by atoms with Gasteiger partial charge in [-0.3, -0.25) is 4.98 Å². The highest BCUT2D eigenvalue weighted by Gasteiger charge is 2.41. The van der Waals surface area contributed by atoms with Gasteiger partial charge in [0.25, 0.3) is 0 Å². The number of thiazole rings is 1. The van der Waals surface area contributed by atoms with Crippen LogP contribution in [0.4, 0.5) is 5.82 Å². The number of aliphatic hydroxyl groups is 1. The third kappa shape index (κ3) is 4.50. The largest absolute Gasteiger partial charge is 0.395 e. The lowest BCUT2D eigenvalue weighted by atomic mass is 9.65. The number of hydrogen-bond donors (Lipinski definition) is 3. The third-order valence-electron chi connectivity index (χ3n) is 5.72. The molecule has 1 aliphatic rings. The molecule has 8 heteroatoms. The predicted molar refractivity (Wildman–Crippen MR) is 120 cm³/mol. The average Bonchev–Trinajstić information content (AvgIpc) is 3.23. The molecule has 30 heavy (non-hydrogen) atoms. The fourth-order valence-corrected chi connectivity index (χ4v) is 4.75. The number of rotatable bonds is 10. The van der Waals surface area contributed by atoms with Gasteiger partial charge in [-0.05, 0) is 43.0 Å². The molecule has 0 bridgehead atoms. The van der Waals surface area contributed by atoms with Gasteiger partial charge in [0.1, 0.15) is 16.5 Å². The third-order valence-corrected chi connectivity index (χ3v) is 6.74. The number of aromatic nitrogens is 4. The van der Waals surface area contributed by atoms with Crippen molar-refractivity contribution in [2.75, 3.05) is 25.0 Å². The molecule has 4 rings (SSSR count). The predicted octanol–water partition coefficient (Wildman–Crippen LogP) is 3.17. The van der Waals surface area contributed by atoms with E-state index in [1.807, 2.05) is 30.6 Å². The zero-order chi connectivity index (χ0) is 20.8. The summed E-state index contributed by atoms with van der Waals surface area (Å²) in [6.45, 7) is 4.42. The van der Waals surface area contributed by atoms with Crippen LogP contribution in [0.25, 0.3) is 10.7 Å². The van der Waals surface area contributed by atoms with Crippen molar-refractivity contribution in [2.45, 2.75) is 44.6 Å². The molecule has 0 spiro atoms. The summed E-state index contributed by atoms with van der Waals surface area (Å²) in [6, 6.07) is 8.15. The van der Waals surface area contributed by atoms with Crippen molar-refractivity contribution in [2.24, 2.45) is 0 Å². The zero-order valence-corrected chi connectivity index (χ0v) is 18.1. The summed E-state index contributed by atoms with van der Waals surface area (Å²) < 4.78 is 0. The second-order valence-corrected chi connectivity index (χ2v) is 8.80. The Morgan fingerprint density at radius 1 is 1.17 bits per heavy atom. The molecule has 158 valence electrons. The van der Waals surface area contributed by atoms with Crippen LogP contribution in [0.2, 0.25) is 0 Å². The van der Waals surface area contributed by atoms with Crippen LogP contribution in [0.3, 0.4) is 0 Å². The van der Waals surface area contributed by atoms with E-state index in [1.165, 1.54) is 17.7 Å². The standard InChI is InChI=1S/C22H28N6OS/c1-2-16-5-3-10-24-20(16)22(8-4-9-22)15-26-19-7-6-18(27-28-19)21-25-14-17(30-21)13-23-11-12-29/h3,5-7,10,14,23,29H,2,4,8-9,11-13,15H2,1H3,(H,26,28). The molecule has 0 radical (unpaired) electrons. The van der Waals surface area contributed by atoms with Crippen LogP contribution in [-0.4, -0.2) is 45.0 Å². The normalized spacial score (nSPS) is 15.0. The molecular formula is C22H28N6OS. The first-order chi connectivity index (χ1) is 14.7. The average molecular weight is 425 g/mol. The molecule has 0 amide bonds. The minimum atomic E-state index is 0.0960. The topological polar surface area (TPSA) is 95.9 Å². The van der Waals surface area contributed by atoms with Gasteiger partial charge >= 0.3 is 0 Å². The van der Waals surface area contributed by atoms with Crippen molar-refractivity contribution in [3.8, 4) is 10.7 Å². The van der Waals surface area contributed by atoms with Crippen molar-refractivity contribution >= 4 is 17.2 Å². The summed E-state index contributed by atoms with van der Waals surface area (Å²) in [7, 11) is 0. The summed E-state index contributed by atoms with van der Waals surface area (Å²) in [4.78, 5) is 10.3. The molecule has 0 unspecified atom stereocenters. The highest BCUT2D eigenvalue weighted by molar-refractivity contribution is 7.14. The van der Waals surface area contributed by atoms with E-state index in [0.717, 1.165) is 47.2 Å². The summed E-state index contributed by atoms with van der Waals surface area (Å²) in [6.07, 6.45) is 8.31. The molecule has 1 saturated carbocycles. The molecule has 1 aliphatic carbocycles. The molecule has 0 saturated heterocycles. The lowest BCUT2D eigenvalue weighted by Gasteiger charge is -2.42. The van der Waals surface area contributed by atoms with Crippen LogP contribution in [0.5, 0.6) is 0 Å². The lowest BCUT2D eigenvalue weighted by Crippen LogP contribution is -2.42. The van der Waals surface area contributed by atoms with Gasteiger partial charge in [0.2, 0.25) is 0 Å². The summed E-state index contributed by atoms with van der Waals surface area (Å²) in [5.41, 5.74) is 3.45. The quantitative estimate of drug-likeness (QED) is 0.430. The Labute approximate surface area is 181 Å². The molecule has 0 aromatic carbocycles. The Balaban J connectivity index is 1.40. The highest BCUT2D eigenvalue weighted by atomic mass is 32.1. The zero-order valence-electron chi connectivity index (χ0n) is 17.3. The van der Waals surface area contributed by atoms with Crippen LogP contribution in [-0.2, 0) is 18.4 Å². The molecular weight excluding hydrogens is 396 g/mol. The van der Waals surface area contributed by atoms with Gasteiger partial charge < -0.3 is 15.7 Å². The number of aliphatic hydroxyl groups excluding tert-OH is 1. The highest BCUT2D eigenvalue weighted by Crippen LogP contribution is 2.44. The lowest BCUT2D eigenvalue weighted by molar-refractivity contribution is 0.251. The minimum absolute atomic E-state index is 0.0960. The fraction of sp³-hybridized carbons (Fsp3) is 0.455. The molecule has 7 nitrogen and oxygen atoms in total. The monoisotopic (exact) mass is 424 g/mol. The first-order valence-electron chi connectivity index (χ1n) is 10.5. The van der Waals surface area contributed by atoms with E-state index >= 15 is 0 Å². The van der Waals surface area contributed by atoms with Crippen molar-refractivity contribution in [3.05, 3.63) is 52.8 Å². The number of nitrogens with one attached hydrogen (secondary N) is 2. The minimum Gasteiger partial charge on any atom is -0.395 e. The molecule has 0 aliphatic heterocycles. The molecule has 1 fully saturated rings. The van der Waals surface area contributed by atoms with Crippen molar-refractivity contribution < 1.29 is 5.11 Å². The SMILES string of the molecule is CCc1cccnc1C1(CNc2ccc(-c3ncc(CNCCO)s3)nn2)CCC1. The van der Waals surface area contributed by atoms with Gasteiger partial charge in [-0.15, -0.1) is 21.5 Å². The van der Waals surface area contributed by atoms with Crippen molar-refractivity contribution in [1.29, 1.82) is 0 Å². The molecule has 3 N–H and O–H groups in total. The second-order valence-electron chi connectivity index (χ2n) is 7.69. The number of hydrogen-bond acceptors (Lipinski definition) is 8. The number of pyridine rings is 1. The first-order valence-corrected chi connectivity index (χ1v) is 11.3. The first kappa shape index (κ1) is 20.8. The van der Waals surface area contributed by atoms with E-state index in [9.17, 15) is 0 Å². The van der Waals surface area contributed by atoms with Gasteiger partial charge in [0, 0.05) is 42.3 Å². The van der Waals surface area contributed by atoms with Gasteiger partial charge in [-0.1, -0.05) is 19.4 Å². The summed E-state index contributed by atoms with van der Waals surface area (Å²) in [5.74, 6) is 0.778. The van der Waals surface area contributed by atoms with Gasteiger partial charge in [-0.25, -0.2) is 4.98 Å². The van der Waals surface area contributed by atoms with E-state index in [4.69, 9.17) is 10.1 Å². The van der Waals surface area contributed by atoms with Gasteiger partial charge in [-0.2, -0.15) is 0 Å². The van der Waals surface area contributed by atoms with Crippen LogP contribution in [0.1, 0.15) is 42.3 Å². The van der Waals surface area contributed by atoms with Crippen molar-refractivity contribution in [1.82, 2.24) is 25.5 Å². The Morgan fingerprint density at radius 3 is 2.77 bits per heavy atom. The summed E-state index contributed by atoms with van der Waals surface area (Å²) >= 11 is 1.59. The Hall–Kier alpha value is -2.42. The van der Waals surface area contributed by atoms with Crippen LogP contribution in [0.15, 0.2) is 36.7 Å². The molecule has 3 heterocycles. The van der Waals surface area contributed by atoms with Gasteiger partial charge in [0.15, 0.2) is 0 Å². The maximum absolute atomic E-state index is 8.86. The van der Waals surface area contributed by atoms with E-state index in [-0.39, 0.29) is 12.0 Å². The number of nitrogens with zero attached hydrogens (tertiary/aromatic N) is 4. The second kappa shape index (κ2) is 9.59. The van der Waals surface area contributed by atoms with Gasteiger partial charge in [0.05, 0.1) is 12.3 Å². The Bertz CT molecular complexity index is 954.